The number of carbonyl (C=O) groups excluding carboxylic acids is 1. The van der Waals surface area contributed by atoms with Gasteiger partial charge in [0.05, 0.1) is 11.0 Å². The molecule has 1 fully saturated rings. The van der Waals surface area contributed by atoms with E-state index in [2.05, 4.69) is 36.7 Å². The highest BCUT2D eigenvalue weighted by molar-refractivity contribution is 9.10. The van der Waals surface area contributed by atoms with Crippen LogP contribution >= 0.6 is 15.9 Å². The van der Waals surface area contributed by atoms with Crippen molar-refractivity contribution in [3.8, 4) is 11.4 Å². The molecule has 1 aliphatic carbocycles. The molecule has 0 amide bonds. The molecule has 0 saturated heterocycles. The van der Waals surface area contributed by atoms with E-state index >= 15 is 0 Å². The number of ether oxygens (including phenoxy) is 1. The van der Waals surface area contributed by atoms with Crippen LogP contribution < -0.4 is 0 Å². The van der Waals surface area contributed by atoms with E-state index in [0.717, 1.165) is 39.7 Å². The summed E-state index contributed by atoms with van der Waals surface area (Å²) in [4.78, 5) is 17.9. The van der Waals surface area contributed by atoms with Gasteiger partial charge in [-0.1, -0.05) is 67.4 Å². The molecule has 1 aliphatic rings. The fourth-order valence-electron chi connectivity index (χ4n) is 4.64. The van der Waals surface area contributed by atoms with Crippen molar-refractivity contribution in [1.29, 1.82) is 0 Å². The summed E-state index contributed by atoms with van der Waals surface area (Å²) in [7, 11) is 0. The molecule has 0 aliphatic heterocycles. The van der Waals surface area contributed by atoms with Crippen LogP contribution in [0.2, 0.25) is 0 Å². The summed E-state index contributed by atoms with van der Waals surface area (Å²) in [6, 6.07) is 16.0. The summed E-state index contributed by atoms with van der Waals surface area (Å²) in [5, 5.41) is 0. The lowest BCUT2D eigenvalue weighted by Gasteiger charge is -2.36. The quantitative estimate of drug-likeness (QED) is 0.403. The number of fused-ring (bicyclic) bond motifs is 1. The van der Waals surface area contributed by atoms with E-state index in [1.807, 2.05) is 53.1 Å². The first-order valence-corrected chi connectivity index (χ1v) is 11.6. The Bertz CT molecular complexity index is 1030. The van der Waals surface area contributed by atoms with Gasteiger partial charge in [-0.2, -0.15) is 0 Å². The van der Waals surface area contributed by atoms with Gasteiger partial charge in [0.15, 0.2) is 0 Å². The monoisotopic (exact) mass is 468 g/mol. The van der Waals surface area contributed by atoms with Crippen molar-refractivity contribution in [1.82, 2.24) is 9.55 Å². The third kappa shape index (κ3) is 4.46. The van der Waals surface area contributed by atoms with Crippen molar-refractivity contribution >= 4 is 32.9 Å². The zero-order chi connectivity index (χ0) is 21.3. The van der Waals surface area contributed by atoms with Crippen LogP contribution in [0.3, 0.4) is 0 Å². The molecule has 2 aromatic carbocycles. The number of para-hydroxylation sites is 2. The van der Waals surface area contributed by atoms with Crippen LogP contribution in [0.1, 0.15) is 40.0 Å². The molecular weight excluding hydrogens is 440 g/mol. The number of esters is 1. The lowest BCUT2D eigenvalue weighted by Crippen LogP contribution is -2.36. The number of aromatic nitrogens is 2. The Kier molecular flexibility index (Phi) is 6.28. The second kappa shape index (κ2) is 8.93. The second-order valence-corrected chi connectivity index (χ2v) is 9.79. The van der Waals surface area contributed by atoms with Crippen LogP contribution in [-0.4, -0.2) is 21.6 Å². The van der Waals surface area contributed by atoms with Crippen molar-refractivity contribution in [2.45, 2.75) is 52.7 Å². The van der Waals surface area contributed by atoms with Crippen molar-refractivity contribution in [2.75, 3.05) is 0 Å². The second-order valence-electron chi connectivity index (χ2n) is 8.87. The number of nitrogens with zero attached hydrogens (tertiary/aromatic N) is 2. The Morgan fingerprint density at radius 1 is 1.17 bits per heavy atom. The number of benzene rings is 2. The van der Waals surface area contributed by atoms with Crippen molar-refractivity contribution in [3.05, 3.63) is 53.0 Å². The van der Waals surface area contributed by atoms with Gasteiger partial charge in [0.25, 0.3) is 0 Å². The van der Waals surface area contributed by atoms with Crippen LogP contribution in [-0.2, 0) is 16.1 Å². The maximum atomic E-state index is 13.1. The molecule has 5 heteroatoms. The van der Waals surface area contributed by atoms with E-state index in [4.69, 9.17) is 9.72 Å². The largest absolute Gasteiger partial charge is 0.461 e. The molecular formula is C25H29BrN2O2. The third-order valence-electron chi connectivity index (χ3n) is 6.29. The zero-order valence-corrected chi connectivity index (χ0v) is 19.4. The van der Waals surface area contributed by atoms with Gasteiger partial charge in [-0.25, -0.2) is 4.98 Å². The Morgan fingerprint density at radius 3 is 2.63 bits per heavy atom. The van der Waals surface area contributed by atoms with Gasteiger partial charge in [-0.15, -0.1) is 0 Å². The molecule has 4 nitrogen and oxygen atoms in total. The molecule has 1 saturated carbocycles. The summed E-state index contributed by atoms with van der Waals surface area (Å²) in [6.45, 7) is 6.89. The number of carbonyl (C=O) groups is 1. The topological polar surface area (TPSA) is 44.1 Å². The average molecular weight is 469 g/mol. The van der Waals surface area contributed by atoms with Gasteiger partial charge in [0.2, 0.25) is 0 Å². The summed E-state index contributed by atoms with van der Waals surface area (Å²) in [5.41, 5.74) is 2.81. The highest BCUT2D eigenvalue weighted by atomic mass is 79.9. The average Bonchev–Trinajstić information content (AvgIpc) is 3.07. The predicted octanol–water partition coefficient (Wildman–Crippen LogP) is 6.47. The number of hydrogen-bond acceptors (Lipinski definition) is 3. The molecule has 0 bridgehead atoms. The molecule has 3 aromatic rings. The molecule has 2 unspecified atom stereocenters. The fourth-order valence-corrected chi connectivity index (χ4v) is 4.90. The minimum Gasteiger partial charge on any atom is -0.461 e. The van der Waals surface area contributed by atoms with Crippen molar-refractivity contribution < 1.29 is 9.53 Å². The minimum absolute atomic E-state index is 0.00664. The Balaban J connectivity index is 1.62. The van der Waals surface area contributed by atoms with E-state index in [-0.39, 0.29) is 18.6 Å². The van der Waals surface area contributed by atoms with Gasteiger partial charge in [-0.3, -0.25) is 4.79 Å². The van der Waals surface area contributed by atoms with E-state index in [0.29, 0.717) is 17.8 Å². The number of imidazole rings is 1. The first-order valence-electron chi connectivity index (χ1n) is 10.8. The summed E-state index contributed by atoms with van der Waals surface area (Å²) < 4.78 is 9.07. The molecule has 30 heavy (non-hydrogen) atoms. The highest BCUT2D eigenvalue weighted by Gasteiger charge is 2.33. The van der Waals surface area contributed by atoms with E-state index in [1.165, 1.54) is 6.42 Å². The van der Waals surface area contributed by atoms with E-state index in [1.54, 1.807) is 0 Å². The third-order valence-corrected chi connectivity index (χ3v) is 6.82. The molecule has 158 valence electrons. The van der Waals surface area contributed by atoms with Crippen molar-refractivity contribution in [2.24, 2.45) is 17.8 Å². The molecule has 1 aromatic heterocycles. The van der Waals surface area contributed by atoms with Crippen LogP contribution in [0.25, 0.3) is 22.4 Å². The SMILES string of the molecule is CC1CC[C@@H](C(C)C)C(OC(=O)Cn2c(-c3ccc(Br)cc3)nc3ccccc32)C1. The van der Waals surface area contributed by atoms with Crippen LogP contribution in [0.15, 0.2) is 53.0 Å². The molecule has 4 rings (SSSR count). The number of halogens is 1. The molecule has 3 atom stereocenters. The van der Waals surface area contributed by atoms with Gasteiger partial charge in [-0.05, 0) is 54.9 Å². The Morgan fingerprint density at radius 2 is 1.90 bits per heavy atom. The number of hydrogen-bond donors (Lipinski definition) is 0. The Labute approximate surface area is 186 Å². The minimum atomic E-state index is -0.179. The van der Waals surface area contributed by atoms with Crippen LogP contribution in [0, 0.1) is 17.8 Å². The maximum absolute atomic E-state index is 13.1. The lowest BCUT2D eigenvalue weighted by molar-refractivity contribution is -0.156. The Hall–Kier alpha value is -2.14. The van der Waals surface area contributed by atoms with E-state index < -0.39 is 0 Å². The lowest BCUT2D eigenvalue weighted by atomic mass is 9.75. The van der Waals surface area contributed by atoms with Gasteiger partial charge >= 0.3 is 5.97 Å². The van der Waals surface area contributed by atoms with Crippen molar-refractivity contribution in [3.63, 3.8) is 0 Å². The van der Waals surface area contributed by atoms with Gasteiger partial charge in [0.1, 0.15) is 18.5 Å². The zero-order valence-electron chi connectivity index (χ0n) is 17.8. The molecule has 0 spiro atoms. The first kappa shape index (κ1) is 21.1. The summed E-state index contributed by atoms with van der Waals surface area (Å²) in [5.74, 6) is 2.17. The standard InChI is InChI=1S/C25H29BrN2O2/c1-16(2)20-13-8-17(3)14-23(20)30-24(29)15-28-22-7-5-4-6-21(22)27-25(28)18-9-11-19(26)12-10-18/h4-7,9-12,16-17,20,23H,8,13-15H2,1-3H3/t17?,20-,23?/m0/s1. The fraction of sp³-hybridized carbons (Fsp3) is 0.440. The van der Waals surface area contributed by atoms with Gasteiger partial charge < -0.3 is 9.30 Å². The normalized spacial score (nSPS) is 21.8. The smallest absolute Gasteiger partial charge is 0.326 e. The maximum Gasteiger partial charge on any atom is 0.326 e. The molecule has 0 radical (unpaired) electrons. The molecule has 1 heterocycles. The van der Waals surface area contributed by atoms with Crippen LogP contribution in [0.5, 0.6) is 0 Å². The molecule has 0 N–H and O–H groups in total. The highest BCUT2D eigenvalue weighted by Crippen LogP contribution is 2.35. The number of rotatable bonds is 5. The van der Waals surface area contributed by atoms with E-state index in [9.17, 15) is 4.79 Å². The van der Waals surface area contributed by atoms with Crippen LogP contribution in [0.4, 0.5) is 0 Å². The predicted molar refractivity (Wildman–Crippen MR) is 124 cm³/mol. The summed E-state index contributed by atoms with van der Waals surface area (Å²) in [6.07, 6.45) is 3.32. The summed E-state index contributed by atoms with van der Waals surface area (Å²) >= 11 is 3.49. The first-order chi connectivity index (χ1) is 14.4. The van der Waals surface area contributed by atoms with Gasteiger partial charge in [0, 0.05) is 10.0 Å².